The highest BCUT2D eigenvalue weighted by Gasteiger charge is 2.13. The van der Waals surface area contributed by atoms with Crippen LogP contribution in [0.2, 0.25) is 0 Å². The summed E-state index contributed by atoms with van der Waals surface area (Å²) in [5.41, 5.74) is 2.67. The first-order valence-corrected chi connectivity index (χ1v) is 6.17. The second-order valence-corrected chi connectivity index (χ2v) is 4.39. The number of hydrogen-bond acceptors (Lipinski definition) is 4. The zero-order valence-corrected chi connectivity index (χ0v) is 12.0. The van der Waals surface area contributed by atoms with Crippen LogP contribution in [0.15, 0.2) is 29.1 Å². The molecular formula is C13H13BrN2O2. The average Bonchev–Trinajstić information content (AvgIpc) is 2.38. The Bertz CT molecular complexity index is 573. The first kappa shape index (κ1) is 12.8. The average molecular weight is 309 g/mol. The Morgan fingerprint density at radius 2 is 1.89 bits per heavy atom. The van der Waals surface area contributed by atoms with E-state index in [-0.39, 0.29) is 0 Å². The van der Waals surface area contributed by atoms with Crippen molar-refractivity contribution in [2.75, 3.05) is 14.2 Å². The van der Waals surface area contributed by atoms with Crippen LogP contribution in [0.5, 0.6) is 11.5 Å². The normalized spacial score (nSPS) is 10.2. The van der Waals surface area contributed by atoms with Crippen molar-refractivity contribution >= 4 is 15.9 Å². The van der Waals surface area contributed by atoms with Gasteiger partial charge in [0.1, 0.15) is 11.5 Å². The van der Waals surface area contributed by atoms with Crippen LogP contribution in [0.25, 0.3) is 11.3 Å². The van der Waals surface area contributed by atoms with Crippen LogP contribution in [-0.4, -0.2) is 24.2 Å². The molecule has 0 atom stereocenters. The van der Waals surface area contributed by atoms with Crippen molar-refractivity contribution in [2.45, 2.75) is 6.92 Å². The molecule has 1 aromatic carbocycles. The Balaban J connectivity index is 2.61. The number of aromatic nitrogens is 2. The molecule has 0 amide bonds. The fraction of sp³-hybridized carbons (Fsp3) is 0.231. The third-order valence-corrected chi connectivity index (χ3v) is 3.06. The van der Waals surface area contributed by atoms with Gasteiger partial charge in [-0.05, 0) is 41.1 Å². The van der Waals surface area contributed by atoms with Crippen LogP contribution in [0.3, 0.4) is 0 Å². The topological polar surface area (TPSA) is 44.2 Å². The van der Waals surface area contributed by atoms with Crippen LogP contribution < -0.4 is 9.47 Å². The number of halogens is 1. The Morgan fingerprint density at radius 3 is 2.50 bits per heavy atom. The summed E-state index contributed by atoms with van der Waals surface area (Å²) >= 11 is 3.26. The zero-order chi connectivity index (χ0) is 13.1. The van der Waals surface area contributed by atoms with Gasteiger partial charge >= 0.3 is 0 Å². The monoisotopic (exact) mass is 308 g/mol. The maximum Gasteiger partial charge on any atom is 0.197 e. The molecule has 0 saturated heterocycles. The van der Waals surface area contributed by atoms with Crippen LogP contribution >= 0.6 is 15.9 Å². The van der Waals surface area contributed by atoms with E-state index in [1.165, 1.54) is 0 Å². The van der Waals surface area contributed by atoms with E-state index in [4.69, 9.17) is 9.47 Å². The molecule has 0 fully saturated rings. The molecule has 1 heterocycles. The molecule has 0 spiro atoms. The van der Waals surface area contributed by atoms with Gasteiger partial charge in [0.05, 0.1) is 19.9 Å². The fourth-order valence-electron chi connectivity index (χ4n) is 1.84. The summed E-state index contributed by atoms with van der Waals surface area (Å²) < 4.78 is 11.3. The van der Waals surface area contributed by atoms with Crippen LogP contribution in [0, 0.1) is 6.92 Å². The molecule has 0 N–H and O–H groups in total. The Hall–Kier alpha value is -1.62. The van der Waals surface area contributed by atoms with Crippen molar-refractivity contribution in [3.8, 4) is 22.8 Å². The molecule has 4 nitrogen and oxygen atoms in total. The standard InChI is InChI=1S/C13H13BrN2O2/c1-8-11(17-2)5-4-9(12(8)18-3)10-6-7-15-13(14)16-10/h4-7H,1-3H3. The van der Waals surface area contributed by atoms with Gasteiger partial charge in [-0.2, -0.15) is 0 Å². The summed E-state index contributed by atoms with van der Waals surface area (Å²) in [7, 11) is 3.28. The van der Waals surface area contributed by atoms with Crippen molar-refractivity contribution < 1.29 is 9.47 Å². The lowest BCUT2D eigenvalue weighted by Crippen LogP contribution is -1.96. The smallest absolute Gasteiger partial charge is 0.197 e. The van der Waals surface area contributed by atoms with Gasteiger partial charge in [-0.1, -0.05) is 0 Å². The molecule has 0 radical (unpaired) electrons. The lowest BCUT2D eigenvalue weighted by Gasteiger charge is -2.14. The minimum absolute atomic E-state index is 0.551. The largest absolute Gasteiger partial charge is 0.496 e. The molecule has 2 rings (SSSR count). The van der Waals surface area contributed by atoms with E-state index in [9.17, 15) is 0 Å². The number of rotatable bonds is 3. The summed E-state index contributed by atoms with van der Waals surface area (Å²) in [6.07, 6.45) is 1.70. The molecule has 0 unspecified atom stereocenters. The summed E-state index contributed by atoms with van der Waals surface area (Å²) in [6.45, 7) is 1.96. The highest BCUT2D eigenvalue weighted by atomic mass is 79.9. The lowest BCUT2D eigenvalue weighted by molar-refractivity contribution is 0.390. The first-order chi connectivity index (χ1) is 8.67. The van der Waals surface area contributed by atoms with E-state index >= 15 is 0 Å². The maximum absolute atomic E-state index is 5.46. The van der Waals surface area contributed by atoms with Gasteiger partial charge in [0.15, 0.2) is 4.73 Å². The van der Waals surface area contributed by atoms with Crippen molar-refractivity contribution in [3.05, 3.63) is 34.7 Å². The number of ether oxygens (including phenoxy) is 2. The molecule has 0 bridgehead atoms. The minimum atomic E-state index is 0.551. The van der Waals surface area contributed by atoms with Crippen LogP contribution in [0.4, 0.5) is 0 Å². The molecule has 2 aromatic rings. The number of nitrogens with zero attached hydrogens (tertiary/aromatic N) is 2. The second kappa shape index (κ2) is 5.35. The van der Waals surface area contributed by atoms with Crippen molar-refractivity contribution in [1.82, 2.24) is 9.97 Å². The van der Waals surface area contributed by atoms with Gasteiger partial charge in [0, 0.05) is 17.3 Å². The number of hydrogen-bond donors (Lipinski definition) is 0. The lowest BCUT2D eigenvalue weighted by atomic mass is 10.1. The molecule has 5 heteroatoms. The Labute approximate surface area is 114 Å². The van der Waals surface area contributed by atoms with Gasteiger partial charge in [-0.25, -0.2) is 9.97 Å². The highest BCUT2D eigenvalue weighted by molar-refractivity contribution is 9.10. The van der Waals surface area contributed by atoms with Gasteiger partial charge in [-0.15, -0.1) is 0 Å². The van der Waals surface area contributed by atoms with Gasteiger partial charge in [-0.3, -0.25) is 0 Å². The number of benzene rings is 1. The van der Waals surface area contributed by atoms with Gasteiger partial charge < -0.3 is 9.47 Å². The zero-order valence-electron chi connectivity index (χ0n) is 10.4. The van der Waals surface area contributed by atoms with E-state index in [2.05, 4.69) is 25.9 Å². The molecule has 94 valence electrons. The maximum atomic E-state index is 5.46. The predicted octanol–water partition coefficient (Wildman–Crippen LogP) is 3.23. The quantitative estimate of drug-likeness (QED) is 0.817. The van der Waals surface area contributed by atoms with E-state index in [1.54, 1.807) is 20.4 Å². The molecular weight excluding hydrogens is 296 g/mol. The second-order valence-electron chi connectivity index (χ2n) is 3.68. The summed E-state index contributed by atoms with van der Waals surface area (Å²) in [5.74, 6) is 1.56. The van der Waals surface area contributed by atoms with Gasteiger partial charge in [0.2, 0.25) is 0 Å². The van der Waals surface area contributed by atoms with Crippen LogP contribution in [-0.2, 0) is 0 Å². The minimum Gasteiger partial charge on any atom is -0.496 e. The van der Waals surface area contributed by atoms with E-state index in [1.807, 2.05) is 25.1 Å². The van der Waals surface area contributed by atoms with Gasteiger partial charge in [0.25, 0.3) is 0 Å². The predicted molar refractivity (Wildman–Crippen MR) is 73.0 cm³/mol. The fourth-order valence-corrected chi connectivity index (χ4v) is 2.15. The van der Waals surface area contributed by atoms with E-state index in [0.29, 0.717) is 4.73 Å². The van der Waals surface area contributed by atoms with Crippen molar-refractivity contribution in [3.63, 3.8) is 0 Å². The molecule has 0 saturated carbocycles. The molecule has 0 aliphatic carbocycles. The summed E-state index contributed by atoms with van der Waals surface area (Å²) in [6, 6.07) is 5.68. The van der Waals surface area contributed by atoms with Crippen molar-refractivity contribution in [2.24, 2.45) is 0 Å². The summed E-state index contributed by atoms with van der Waals surface area (Å²) in [5, 5.41) is 0. The molecule has 18 heavy (non-hydrogen) atoms. The molecule has 1 aromatic heterocycles. The third kappa shape index (κ3) is 2.31. The highest BCUT2D eigenvalue weighted by Crippen LogP contribution is 2.36. The molecule has 0 aliphatic heterocycles. The summed E-state index contributed by atoms with van der Waals surface area (Å²) in [4.78, 5) is 8.35. The van der Waals surface area contributed by atoms with Crippen molar-refractivity contribution in [1.29, 1.82) is 0 Å². The van der Waals surface area contributed by atoms with Crippen LogP contribution in [0.1, 0.15) is 5.56 Å². The Morgan fingerprint density at radius 1 is 1.11 bits per heavy atom. The van der Waals surface area contributed by atoms with E-state index < -0.39 is 0 Å². The SMILES string of the molecule is COc1ccc(-c2ccnc(Br)n2)c(OC)c1C. The first-order valence-electron chi connectivity index (χ1n) is 5.38. The Kier molecular flexibility index (Phi) is 3.81. The number of methoxy groups -OCH3 is 2. The molecule has 0 aliphatic rings. The third-order valence-electron chi connectivity index (χ3n) is 2.68. The van der Waals surface area contributed by atoms with E-state index in [0.717, 1.165) is 28.3 Å².